The Morgan fingerprint density at radius 2 is 2.18 bits per heavy atom. The minimum absolute atomic E-state index is 0.110. The van der Waals surface area contributed by atoms with Gasteiger partial charge in [-0.05, 0) is 24.1 Å². The molecular weight excluding hydrogens is 219 g/mol. The lowest BCUT2D eigenvalue weighted by molar-refractivity contribution is -0.120. The maximum atomic E-state index is 13.0. The van der Waals surface area contributed by atoms with Crippen LogP contribution in [0.15, 0.2) is 24.3 Å². The Hall–Kier alpha value is -1.42. The van der Waals surface area contributed by atoms with E-state index in [9.17, 15) is 9.18 Å². The predicted octanol–water partition coefficient (Wildman–Crippen LogP) is 2.16. The lowest BCUT2D eigenvalue weighted by atomic mass is 9.99. The van der Waals surface area contributed by atoms with Crippen LogP contribution in [0.4, 0.5) is 10.1 Å². The van der Waals surface area contributed by atoms with Crippen molar-refractivity contribution in [2.24, 2.45) is 11.7 Å². The van der Waals surface area contributed by atoms with E-state index in [1.165, 1.54) is 17.0 Å². The second kappa shape index (κ2) is 5.77. The molecule has 0 aliphatic heterocycles. The summed E-state index contributed by atoms with van der Waals surface area (Å²) in [5.74, 6) is -0.442. The molecule has 94 valence electrons. The first-order chi connectivity index (χ1) is 7.97. The molecule has 0 saturated heterocycles. The van der Waals surface area contributed by atoms with Gasteiger partial charge in [0.05, 0.1) is 6.04 Å². The van der Waals surface area contributed by atoms with E-state index in [1.54, 1.807) is 19.2 Å². The Labute approximate surface area is 101 Å². The Bertz CT molecular complexity index is 395. The summed E-state index contributed by atoms with van der Waals surface area (Å²) in [6.07, 6.45) is 0.837. The molecule has 2 N–H and O–H groups in total. The molecule has 4 heteroatoms. The molecule has 0 radical (unpaired) electrons. The summed E-state index contributed by atoms with van der Waals surface area (Å²) in [5.41, 5.74) is 6.38. The van der Waals surface area contributed by atoms with Crippen molar-refractivity contribution >= 4 is 11.6 Å². The number of rotatable bonds is 4. The monoisotopic (exact) mass is 238 g/mol. The van der Waals surface area contributed by atoms with Crippen molar-refractivity contribution in [3.63, 3.8) is 0 Å². The quantitative estimate of drug-likeness (QED) is 0.873. The van der Waals surface area contributed by atoms with Gasteiger partial charge in [-0.1, -0.05) is 26.3 Å². The van der Waals surface area contributed by atoms with Crippen molar-refractivity contribution in [3.8, 4) is 0 Å². The highest BCUT2D eigenvalue weighted by Gasteiger charge is 2.23. The molecule has 1 amide bonds. The summed E-state index contributed by atoms with van der Waals surface area (Å²) in [6.45, 7) is 3.92. The van der Waals surface area contributed by atoms with Crippen molar-refractivity contribution < 1.29 is 9.18 Å². The average molecular weight is 238 g/mol. The maximum absolute atomic E-state index is 13.0. The predicted molar refractivity (Wildman–Crippen MR) is 67.2 cm³/mol. The van der Waals surface area contributed by atoms with E-state index >= 15 is 0 Å². The number of benzene rings is 1. The molecule has 1 aromatic carbocycles. The number of halogens is 1. The Balaban J connectivity index is 2.83. The molecule has 0 heterocycles. The smallest absolute Gasteiger partial charge is 0.243 e. The van der Waals surface area contributed by atoms with E-state index in [1.807, 2.05) is 13.8 Å². The second-order valence-electron chi connectivity index (χ2n) is 4.29. The summed E-state index contributed by atoms with van der Waals surface area (Å²) in [4.78, 5) is 13.4. The standard InChI is InChI=1S/C13H19FN2O/c1-4-9(2)12(15)13(17)16(3)11-7-5-6-10(14)8-11/h5-9,12H,4,15H2,1-3H3/t9-,12-/m0/s1. The van der Waals surface area contributed by atoms with Crippen LogP contribution < -0.4 is 10.6 Å². The molecule has 2 atom stereocenters. The van der Waals surface area contributed by atoms with Gasteiger partial charge in [-0.2, -0.15) is 0 Å². The van der Waals surface area contributed by atoms with Crippen molar-refractivity contribution in [1.82, 2.24) is 0 Å². The van der Waals surface area contributed by atoms with Crippen LogP contribution in [-0.2, 0) is 4.79 Å². The van der Waals surface area contributed by atoms with Gasteiger partial charge in [-0.25, -0.2) is 4.39 Å². The zero-order valence-electron chi connectivity index (χ0n) is 10.5. The van der Waals surface area contributed by atoms with Gasteiger partial charge in [-0.3, -0.25) is 4.79 Å². The summed E-state index contributed by atoms with van der Waals surface area (Å²) >= 11 is 0. The van der Waals surface area contributed by atoms with Crippen LogP contribution in [0.2, 0.25) is 0 Å². The summed E-state index contributed by atoms with van der Waals surface area (Å²) in [6, 6.07) is 5.37. The molecule has 1 rings (SSSR count). The van der Waals surface area contributed by atoms with E-state index in [-0.39, 0.29) is 17.6 Å². The van der Waals surface area contributed by atoms with Gasteiger partial charge >= 0.3 is 0 Å². The third-order valence-corrected chi connectivity index (χ3v) is 3.07. The molecule has 0 aliphatic carbocycles. The van der Waals surface area contributed by atoms with E-state index in [4.69, 9.17) is 5.73 Å². The first-order valence-corrected chi connectivity index (χ1v) is 5.76. The molecule has 0 saturated carbocycles. The normalized spacial score (nSPS) is 14.2. The lowest BCUT2D eigenvalue weighted by Crippen LogP contribution is -2.45. The van der Waals surface area contributed by atoms with Gasteiger partial charge in [0.1, 0.15) is 5.82 Å². The highest BCUT2D eigenvalue weighted by Crippen LogP contribution is 2.16. The fourth-order valence-corrected chi connectivity index (χ4v) is 1.53. The topological polar surface area (TPSA) is 46.3 Å². The zero-order valence-corrected chi connectivity index (χ0v) is 10.5. The number of carbonyl (C=O) groups is 1. The average Bonchev–Trinajstić information content (AvgIpc) is 2.35. The molecule has 0 spiro atoms. The highest BCUT2D eigenvalue weighted by molar-refractivity contribution is 5.96. The number of nitrogens with zero attached hydrogens (tertiary/aromatic N) is 1. The molecular formula is C13H19FN2O. The molecule has 0 unspecified atom stereocenters. The Morgan fingerprint density at radius 3 is 2.71 bits per heavy atom. The molecule has 3 nitrogen and oxygen atoms in total. The molecule has 0 aliphatic rings. The van der Waals surface area contributed by atoms with Crippen LogP contribution in [0.1, 0.15) is 20.3 Å². The fraction of sp³-hybridized carbons (Fsp3) is 0.462. The lowest BCUT2D eigenvalue weighted by Gasteiger charge is -2.24. The van der Waals surface area contributed by atoms with E-state index in [2.05, 4.69) is 0 Å². The maximum Gasteiger partial charge on any atom is 0.243 e. The van der Waals surface area contributed by atoms with Gasteiger partial charge in [-0.15, -0.1) is 0 Å². The third-order valence-electron chi connectivity index (χ3n) is 3.07. The summed E-state index contributed by atoms with van der Waals surface area (Å²) in [7, 11) is 1.61. The van der Waals surface area contributed by atoms with Crippen molar-refractivity contribution in [2.75, 3.05) is 11.9 Å². The van der Waals surface area contributed by atoms with Gasteiger partial charge in [0, 0.05) is 12.7 Å². The van der Waals surface area contributed by atoms with E-state index < -0.39 is 6.04 Å². The number of likely N-dealkylation sites (N-methyl/N-ethyl adjacent to an activating group) is 1. The Kier molecular flexibility index (Phi) is 4.63. The molecule has 0 fully saturated rings. The Morgan fingerprint density at radius 1 is 1.53 bits per heavy atom. The number of nitrogens with two attached hydrogens (primary N) is 1. The summed E-state index contributed by atoms with van der Waals surface area (Å²) in [5, 5.41) is 0. The molecule has 0 bridgehead atoms. The SMILES string of the molecule is CC[C@H](C)[C@H](N)C(=O)N(C)c1cccc(F)c1. The number of hydrogen-bond donors (Lipinski definition) is 1. The molecule has 17 heavy (non-hydrogen) atoms. The number of hydrogen-bond acceptors (Lipinski definition) is 2. The van der Waals surface area contributed by atoms with E-state index in [0.717, 1.165) is 6.42 Å². The van der Waals surface area contributed by atoms with Crippen LogP contribution in [0.3, 0.4) is 0 Å². The van der Waals surface area contributed by atoms with Crippen LogP contribution >= 0.6 is 0 Å². The van der Waals surface area contributed by atoms with Crippen LogP contribution in [0.25, 0.3) is 0 Å². The summed E-state index contributed by atoms with van der Waals surface area (Å²) < 4.78 is 13.0. The zero-order chi connectivity index (χ0) is 13.0. The van der Waals surface area contributed by atoms with Crippen molar-refractivity contribution in [1.29, 1.82) is 0 Å². The van der Waals surface area contributed by atoms with Gasteiger partial charge in [0.15, 0.2) is 0 Å². The van der Waals surface area contributed by atoms with Crippen LogP contribution in [-0.4, -0.2) is 19.0 Å². The fourth-order valence-electron chi connectivity index (χ4n) is 1.53. The molecule has 1 aromatic rings. The van der Waals surface area contributed by atoms with Crippen LogP contribution in [0.5, 0.6) is 0 Å². The highest BCUT2D eigenvalue weighted by atomic mass is 19.1. The minimum atomic E-state index is -0.548. The second-order valence-corrected chi connectivity index (χ2v) is 4.29. The first kappa shape index (κ1) is 13.6. The van der Waals surface area contributed by atoms with Crippen molar-refractivity contribution in [3.05, 3.63) is 30.1 Å². The van der Waals surface area contributed by atoms with Crippen LogP contribution in [0, 0.1) is 11.7 Å². The van der Waals surface area contributed by atoms with Crippen molar-refractivity contribution in [2.45, 2.75) is 26.3 Å². The third kappa shape index (κ3) is 3.27. The first-order valence-electron chi connectivity index (χ1n) is 5.76. The van der Waals surface area contributed by atoms with Gasteiger partial charge in [0.25, 0.3) is 0 Å². The largest absolute Gasteiger partial charge is 0.320 e. The number of carbonyl (C=O) groups excluding carboxylic acids is 1. The number of anilines is 1. The van der Waals surface area contributed by atoms with Gasteiger partial charge < -0.3 is 10.6 Å². The van der Waals surface area contributed by atoms with E-state index in [0.29, 0.717) is 5.69 Å². The minimum Gasteiger partial charge on any atom is -0.320 e. The van der Waals surface area contributed by atoms with Gasteiger partial charge in [0.2, 0.25) is 5.91 Å². The molecule has 0 aromatic heterocycles. The number of amides is 1.